The number of hydrogen-bond donors (Lipinski definition) is 2. The van der Waals surface area contributed by atoms with E-state index < -0.39 is 17.7 Å². The van der Waals surface area contributed by atoms with E-state index in [0.717, 1.165) is 25.7 Å². The van der Waals surface area contributed by atoms with Crippen LogP contribution in [0.1, 0.15) is 39.0 Å². The zero-order chi connectivity index (χ0) is 24.8. The van der Waals surface area contributed by atoms with Crippen LogP contribution in [-0.2, 0) is 4.79 Å². The maximum Gasteiger partial charge on any atom is 0.254 e. The number of carbonyl (C=O) groups excluding carboxylic acids is 1. The van der Waals surface area contributed by atoms with Crippen molar-refractivity contribution < 1.29 is 13.6 Å². The fourth-order valence-corrected chi connectivity index (χ4v) is 5.33. The summed E-state index contributed by atoms with van der Waals surface area (Å²) in [6.07, 6.45) is 8.40. The number of hydrogen-bond acceptors (Lipinski definition) is 6. The van der Waals surface area contributed by atoms with Gasteiger partial charge in [-0.15, -0.1) is 0 Å². The molecule has 2 N–H and O–H groups in total. The zero-order valence-electron chi connectivity index (χ0n) is 19.7. The number of rotatable bonds is 4. The third-order valence-corrected chi connectivity index (χ3v) is 7.02. The average molecular weight is 490 g/mol. The van der Waals surface area contributed by atoms with Crippen molar-refractivity contribution in [2.45, 2.75) is 51.1 Å². The number of halogens is 2. The van der Waals surface area contributed by atoms with E-state index in [1.54, 1.807) is 30.6 Å². The molecule has 184 valence electrons. The Kier molecular flexibility index (Phi) is 5.50. The van der Waals surface area contributed by atoms with Crippen LogP contribution in [0.3, 0.4) is 0 Å². The Labute approximate surface area is 206 Å². The Balaban J connectivity index is 1.44. The minimum absolute atomic E-state index is 0.157. The van der Waals surface area contributed by atoms with Crippen molar-refractivity contribution in [3.8, 4) is 0 Å². The Morgan fingerprint density at radius 3 is 2.72 bits per heavy atom. The van der Waals surface area contributed by atoms with Crippen LogP contribution < -0.4 is 15.1 Å². The number of anilines is 5. The predicted molar refractivity (Wildman–Crippen MR) is 134 cm³/mol. The summed E-state index contributed by atoms with van der Waals surface area (Å²) < 4.78 is 28.6. The van der Waals surface area contributed by atoms with Gasteiger partial charge in [-0.3, -0.25) is 14.8 Å². The second kappa shape index (κ2) is 8.85. The first-order valence-corrected chi connectivity index (χ1v) is 12.1. The van der Waals surface area contributed by atoms with Crippen LogP contribution in [0.4, 0.5) is 37.6 Å². The fourth-order valence-electron chi connectivity index (χ4n) is 5.33. The highest BCUT2D eigenvalue weighted by molar-refractivity contribution is 6.09. The summed E-state index contributed by atoms with van der Waals surface area (Å²) in [5.41, 5.74) is 1.73. The number of H-pyrrole nitrogens is 1. The SMILES string of the molecule is C[C@@H]1C(=O)N(c2cccc(F)c2)c2cnc(Nc3cc(F)c4[nH]ncc4c3)nc2N1C1CCCCC1. The van der Waals surface area contributed by atoms with Gasteiger partial charge < -0.3 is 10.2 Å². The summed E-state index contributed by atoms with van der Waals surface area (Å²) in [6, 6.07) is 8.73. The summed E-state index contributed by atoms with van der Waals surface area (Å²) in [5.74, 6) is -0.153. The van der Waals surface area contributed by atoms with E-state index in [1.165, 1.54) is 29.5 Å². The van der Waals surface area contributed by atoms with Gasteiger partial charge >= 0.3 is 0 Å². The van der Waals surface area contributed by atoms with Crippen LogP contribution >= 0.6 is 0 Å². The van der Waals surface area contributed by atoms with Gasteiger partial charge in [-0.05, 0) is 50.1 Å². The molecule has 0 bridgehead atoms. The van der Waals surface area contributed by atoms with Gasteiger partial charge in [-0.2, -0.15) is 10.1 Å². The first kappa shape index (κ1) is 22.4. The number of nitrogens with zero attached hydrogens (tertiary/aromatic N) is 5. The van der Waals surface area contributed by atoms with E-state index in [1.807, 2.05) is 6.92 Å². The second-order valence-corrected chi connectivity index (χ2v) is 9.35. The molecule has 1 saturated carbocycles. The monoisotopic (exact) mass is 489 g/mol. The minimum Gasteiger partial charge on any atom is -0.340 e. The van der Waals surface area contributed by atoms with Crippen LogP contribution in [0.15, 0.2) is 48.8 Å². The molecule has 1 atom stereocenters. The molecular weight excluding hydrogens is 464 g/mol. The first-order valence-electron chi connectivity index (χ1n) is 12.1. The van der Waals surface area contributed by atoms with Crippen molar-refractivity contribution >= 4 is 45.6 Å². The lowest BCUT2D eigenvalue weighted by Crippen LogP contribution is -2.55. The molecule has 0 spiro atoms. The van der Waals surface area contributed by atoms with Gasteiger partial charge in [0.2, 0.25) is 5.95 Å². The molecule has 2 aromatic heterocycles. The van der Waals surface area contributed by atoms with Crippen molar-refractivity contribution in [1.29, 1.82) is 0 Å². The lowest BCUT2D eigenvalue weighted by molar-refractivity contribution is -0.119. The van der Waals surface area contributed by atoms with Gasteiger partial charge in [0.1, 0.15) is 23.1 Å². The van der Waals surface area contributed by atoms with Gasteiger partial charge in [0.15, 0.2) is 11.6 Å². The summed E-state index contributed by atoms with van der Waals surface area (Å²) in [7, 11) is 0. The molecule has 6 rings (SSSR count). The van der Waals surface area contributed by atoms with E-state index in [-0.39, 0.29) is 17.9 Å². The standard InChI is InChI=1S/C26H25F2N7O/c1-15-25(36)35(20-9-5-6-17(27)11-20)22-14-29-26(32-24(22)34(15)19-7-3-2-4-8-19)31-18-10-16-13-30-33-23(16)21(28)12-18/h5-6,9-15,19H,2-4,7-8H2,1H3,(H,30,33)(H,29,31,32)/t15-/m1/s1. The highest BCUT2D eigenvalue weighted by Crippen LogP contribution is 2.42. The molecule has 1 aliphatic heterocycles. The number of fused-ring (bicyclic) bond motifs is 2. The van der Waals surface area contributed by atoms with Crippen LogP contribution in [0, 0.1) is 11.6 Å². The molecule has 3 heterocycles. The van der Waals surface area contributed by atoms with E-state index in [2.05, 4.69) is 25.4 Å². The molecular formula is C26H25F2N7O. The number of nitrogens with one attached hydrogen (secondary N) is 2. The van der Waals surface area contributed by atoms with Gasteiger partial charge in [0, 0.05) is 17.1 Å². The second-order valence-electron chi connectivity index (χ2n) is 9.35. The van der Waals surface area contributed by atoms with Crippen molar-refractivity contribution in [2.75, 3.05) is 15.1 Å². The van der Waals surface area contributed by atoms with Gasteiger partial charge in [-0.1, -0.05) is 25.3 Å². The third-order valence-electron chi connectivity index (χ3n) is 7.02. The molecule has 1 aliphatic carbocycles. The van der Waals surface area contributed by atoms with Gasteiger partial charge in [0.25, 0.3) is 5.91 Å². The van der Waals surface area contributed by atoms with Crippen molar-refractivity contribution in [3.63, 3.8) is 0 Å². The Bertz CT molecular complexity index is 1450. The number of carbonyl (C=O) groups is 1. The maximum absolute atomic E-state index is 14.5. The maximum atomic E-state index is 14.5. The highest BCUT2D eigenvalue weighted by Gasteiger charge is 2.41. The van der Waals surface area contributed by atoms with Crippen LogP contribution in [0.2, 0.25) is 0 Å². The zero-order valence-corrected chi connectivity index (χ0v) is 19.7. The topological polar surface area (TPSA) is 90.0 Å². The lowest BCUT2D eigenvalue weighted by atomic mass is 9.92. The molecule has 10 heteroatoms. The number of aromatic amines is 1. The third kappa shape index (κ3) is 3.82. The first-order chi connectivity index (χ1) is 17.5. The molecule has 0 saturated heterocycles. The van der Waals surface area contributed by atoms with Gasteiger partial charge in [-0.25, -0.2) is 13.8 Å². The lowest BCUT2D eigenvalue weighted by Gasteiger charge is -2.45. The fraction of sp³-hybridized carbons (Fsp3) is 0.308. The van der Waals surface area contributed by atoms with Crippen molar-refractivity contribution in [3.05, 3.63) is 60.4 Å². The Hall–Kier alpha value is -4.08. The van der Waals surface area contributed by atoms with Crippen LogP contribution in [0.25, 0.3) is 10.9 Å². The molecule has 2 aromatic carbocycles. The highest BCUT2D eigenvalue weighted by atomic mass is 19.1. The summed E-state index contributed by atoms with van der Waals surface area (Å²) in [5, 5.41) is 10.3. The van der Waals surface area contributed by atoms with Crippen molar-refractivity contribution in [1.82, 2.24) is 20.2 Å². The van der Waals surface area contributed by atoms with E-state index in [9.17, 15) is 13.6 Å². The molecule has 2 aliphatic rings. The van der Waals surface area contributed by atoms with Gasteiger partial charge in [0.05, 0.1) is 18.1 Å². The van der Waals surface area contributed by atoms with E-state index in [4.69, 9.17) is 4.98 Å². The number of amides is 1. The normalized spacial score (nSPS) is 18.5. The molecule has 4 aromatic rings. The predicted octanol–water partition coefficient (Wildman–Crippen LogP) is 5.58. The summed E-state index contributed by atoms with van der Waals surface area (Å²) in [6.45, 7) is 1.86. The number of aromatic nitrogens is 4. The number of benzene rings is 2. The average Bonchev–Trinajstić information content (AvgIpc) is 3.35. The molecule has 8 nitrogen and oxygen atoms in total. The van der Waals surface area contributed by atoms with Crippen molar-refractivity contribution in [2.24, 2.45) is 0 Å². The van der Waals surface area contributed by atoms with E-state index in [0.29, 0.717) is 33.8 Å². The molecule has 36 heavy (non-hydrogen) atoms. The largest absolute Gasteiger partial charge is 0.340 e. The van der Waals surface area contributed by atoms with Crippen LogP contribution in [-0.4, -0.2) is 38.2 Å². The summed E-state index contributed by atoms with van der Waals surface area (Å²) in [4.78, 5) is 26.4. The quantitative estimate of drug-likeness (QED) is 0.389. The Morgan fingerprint density at radius 2 is 1.92 bits per heavy atom. The smallest absolute Gasteiger partial charge is 0.254 e. The Morgan fingerprint density at radius 1 is 1.08 bits per heavy atom. The van der Waals surface area contributed by atoms with Crippen LogP contribution in [0.5, 0.6) is 0 Å². The summed E-state index contributed by atoms with van der Waals surface area (Å²) >= 11 is 0. The van der Waals surface area contributed by atoms with E-state index >= 15 is 0 Å². The molecule has 1 amide bonds. The molecule has 0 radical (unpaired) electrons. The molecule has 0 unspecified atom stereocenters. The minimum atomic E-state index is -0.494. The molecule has 1 fully saturated rings.